The molecule has 0 bridgehead atoms. The van der Waals surface area contributed by atoms with E-state index in [9.17, 15) is 4.79 Å². The van der Waals surface area contributed by atoms with Gasteiger partial charge in [0.25, 0.3) is 5.91 Å². The smallest absolute Gasteiger partial charge is 0.258 e. The first-order chi connectivity index (χ1) is 10.6. The number of hydrogen-bond donors (Lipinski definition) is 1. The molecule has 22 heavy (non-hydrogen) atoms. The van der Waals surface area contributed by atoms with Crippen molar-refractivity contribution in [2.75, 3.05) is 13.2 Å². The minimum atomic E-state index is -0.191. The zero-order valence-electron chi connectivity index (χ0n) is 12.5. The highest BCUT2D eigenvalue weighted by Crippen LogP contribution is 2.27. The van der Waals surface area contributed by atoms with E-state index in [-0.39, 0.29) is 18.6 Å². The third-order valence-electron chi connectivity index (χ3n) is 2.91. The van der Waals surface area contributed by atoms with Crippen LogP contribution in [0.5, 0.6) is 11.5 Å². The summed E-state index contributed by atoms with van der Waals surface area (Å²) >= 11 is 7.35. The van der Waals surface area contributed by atoms with Gasteiger partial charge in [0.05, 0.1) is 17.0 Å². The van der Waals surface area contributed by atoms with E-state index >= 15 is 0 Å². The SMILES string of the molecule is CCOc1ccccc1OCC(=O)NC(C)c1ccc(Cl)s1. The first kappa shape index (κ1) is 16.6. The van der Waals surface area contributed by atoms with Crippen molar-refractivity contribution < 1.29 is 14.3 Å². The second-order valence-corrected chi connectivity index (χ2v) is 6.35. The summed E-state index contributed by atoms with van der Waals surface area (Å²) in [5.74, 6) is 1.01. The summed E-state index contributed by atoms with van der Waals surface area (Å²) in [7, 11) is 0. The zero-order chi connectivity index (χ0) is 15.9. The van der Waals surface area contributed by atoms with Crippen molar-refractivity contribution >= 4 is 28.8 Å². The molecule has 1 aromatic carbocycles. The van der Waals surface area contributed by atoms with Gasteiger partial charge >= 0.3 is 0 Å². The molecule has 118 valence electrons. The van der Waals surface area contributed by atoms with Crippen molar-refractivity contribution in [1.29, 1.82) is 0 Å². The number of hydrogen-bond acceptors (Lipinski definition) is 4. The van der Waals surface area contributed by atoms with E-state index in [0.29, 0.717) is 22.4 Å². The number of nitrogens with one attached hydrogen (secondary N) is 1. The van der Waals surface area contributed by atoms with Crippen LogP contribution in [-0.2, 0) is 4.79 Å². The Hall–Kier alpha value is -1.72. The van der Waals surface area contributed by atoms with Crippen LogP contribution in [0.2, 0.25) is 4.34 Å². The Morgan fingerprint density at radius 1 is 1.23 bits per heavy atom. The highest BCUT2D eigenvalue weighted by molar-refractivity contribution is 7.16. The molecule has 1 atom stereocenters. The van der Waals surface area contributed by atoms with Crippen LogP contribution in [-0.4, -0.2) is 19.1 Å². The molecule has 1 N–H and O–H groups in total. The largest absolute Gasteiger partial charge is 0.490 e. The first-order valence-electron chi connectivity index (χ1n) is 6.99. The number of para-hydroxylation sites is 2. The Labute approximate surface area is 139 Å². The van der Waals surface area contributed by atoms with Crippen LogP contribution in [0.3, 0.4) is 0 Å². The maximum Gasteiger partial charge on any atom is 0.258 e. The Balaban J connectivity index is 1.88. The number of amides is 1. The van der Waals surface area contributed by atoms with Crippen LogP contribution in [0.15, 0.2) is 36.4 Å². The van der Waals surface area contributed by atoms with Crippen LogP contribution >= 0.6 is 22.9 Å². The van der Waals surface area contributed by atoms with Gasteiger partial charge in [0.2, 0.25) is 0 Å². The fourth-order valence-electron chi connectivity index (χ4n) is 1.90. The standard InChI is InChI=1S/C16H18ClNO3S/c1-3-20-12-6-4-5-7-13(12)21-10-16(19)18-11(2)14-8-9-15(17)22-14/h4-9,11H,3,10H2,1-2H3,(H,18,19). The van der Waals surface area contributed by atoms with Crippen LogP contribution in [0.1, 0.15) is 24.8 Å². The summed E-state index contributed by atoms with van der Waals surface area (Å²) in [5, 5.41) is 2.88. The summed E-state index contributed by atoms with van der Waals surface area (Å²) in [6.45, 7) is 4.29. The summed E-state index contributed by atoms with van der Waals surface area (Å²) in [6, 6.07) is 10.9. The number of benzene rings is 1. The van der Waals surface area contributed by atoms with Crippen molar-refractivity contribution in [1.82, 2.24) is 5.32 Å². The first-order valence-corrected chi connectivity index (χ1v) is 8.18. The average Bonchev–Trinajstić information content (AvgIpc) is 2.93. The van der Waals surface area contributed by atoms with Crippen LogP contribution in [0, 0.1) is 0 Å². The molecule has 2 rings (SSSR count). The minimum absolute atomic E-state index is 0.0620. The van der Waals surface area contributed by atoms with Crippen molar-refractivity contribution in [2.24, 2.45) is 0 Å². The van der Waals surface area contributed by atoms with Crippen LogP contribution < -0.4 is 14.8 Å². The highest BCUT2D eigenvalue weighted by atomic mass is 35.5. The molecule has 0 saturated heterocycles. The quantitative estimate of drug-likeness (QED) is 0.827. The van der Waals surface area contributed by atoms with Gasteiger partial charge in [0, 0.05) is 4.88 Å². The maximum absolute atomic E-state index is 12.0. The summed E-state index contributed by atoms with van der Waals surface area (Å²) in [5.41, 5.74) is 0. The Morgan fingerprint density at radius 2 is 1.91 bits per heavy atom. The molecule has 0 radical (unpaired) electrons. The molecule has 1 unspecified atom stereocenters. The molecule has 1 aromatic heterocycles. The number of ether oxygens (including phenoxy) is 2. The third kappa shape index (κ3) is 4.64. The second kappa shape index (κ2) is 8.06. The van der Waals surface area contributed by atoms with E-state index < -0.39 is 0 Å². The Kier molecular flexibility index (Phi) is 6.10. The average molecular weight is 340 g/mol. The number of rotatable bonds is 7. The molecule has 1 heterocycles. The maximum atomic E-state index is 12.0. The molecule has 0 saturated carbocycles. The van der Waals surface area contributed by atoms with E-state index in [1.54, 1.807) is 6.07 Å². The molecule has 0 aliphatic carbocycles. The van der Waals surface area contributed by atoms with Gasteiger partial charge in [0.1, 0.15) is 0 Å². The van der Waals surface area contributed by atoms with Gasteiger partial charge in [-0.1, -0.05) is 23.7 Å². The van der Waals surface area contributed by atoms with Crippen LogP contribution in [0.25, 0.3) is 0 Å². The van der Waals surface area contributed by atoms with Gasteiger partial charge in [-0.2, -0.15) is 0 Å². The van der Waals surface area contributed by atoms with Crippen molar-refractivity contribution in [3.63, 3.8) is 0 Å². The summed E-state index contributed by atoms with van der Waals surface area (Å²) < 4.78 is 11.7. The highest BCUT2D eigenvalue weighted by Gasteiger charge is 2.13. The van der Waals surface area contributed by atoms with Crippen molar-refractivity contribution in [3.05, 3.63) is 45.6 Å². The number of carbonyl (C=O) groups is 1. The number of thiophene rings is 1. The molecule has 4 nitrogen and oxygen atoms in total. The molecule has 0 aliphatic rings. The molecule has 6 heteroatoms. The second-order valence-electron chi connectivity index (χ2n) is 4.60. The molecule has 0 spiro atoms. The summed E-state index contributed by atoms with van der Waals surface area (Å²) in [6.07, 6.45) is 0. The van der Waals surface area contributed by atoms with Gasteiger partial charge in [-0.15, -0.1) is 11.3 Å². The topological polar surface area (TPSA) is 47.6 Å². The van der Waals surface area contributed by atoms with E-state index in [4.69, 9.17) is 21.1 Å². The fraction of sp³-hybridized carbons (Fsp3) is 0.312. The van der Waals surface area contributed by atoms with E-state index in [2.05, 4.69) is 5.32 Å². The Bertz CT molecular complexity index is 629. The number of carbonyl (C=O) groups excluding carboxylic acids is 1. The summed E-state index contributed by atoms with van der Waals surface area (Å²) in [4.78, 5) is 13.0. The molecule has 1 amide bonds. The lowest BCUT2D eigenvalue weighted by atomic mass is 10.3. The predicted molar refractivity (Wildman–Crippen MR) is 89.0 cm³/mol. The lowest BCUT2D eigenvalue weighted by Gasteiger charge is -2.14. The van der Waals surface area contributed by atoms with E-state index in [0.717, 1.165) is 4.88 Å². The Morgan fingerprint density at radius 3 is 2.50 bits per heavy atom. The predicted octanol–water partition coefficient (Wildman–Crippen LogP) is 4.06. The molecule has 2 aromatic rings. The monoisotopic (exact) mass is 339 g/mol. The molecule has 0 aliphatic heterocycles. The van der Waals surface area contributed by atoms with Gasteiger partial charge in [-0.3, -0.25) is 4.79 Å². The van der Waals surface area contributed by atoms with Crippen molar-refractivity contribution in [2.45, 2.75) is 19.9 Å². The molecule has 0 fully saturated rings. The van der Waals surface area contributed by atoms with Gasteiger partial charge < -0.3 is 14.8 Å². The van der Waals surface area contributed by atoms with Gasteiger partial charge in [-0.25, -0.2) is 0 Å². The molecular formula is C16H18ClNO3S. The number of halogens is 1. The lowest BCUT2D eigenvalue weighted by molar-refractivity contribution is -0.123. The lowest BCUT2D eigenvalue weighted by Crippen LogP contribution is -2.30. The minimum Gasteiger partial charge on any atom is -0.490 e. The van der Waals surface area contributed by atoms with Crippen LogP contribution in [0.4, 0.5) is 0 Å². The molecular weight excluding hydrogens is 322 g/mol. The zero-order valence-corrected chi connectivity index (χ0v) is 14.0. The van der Waals surface area contributed by atoms with Gasteiger partial charge in [-0.05, 0) is 38.1 Å². The van der Waals surface area contributed by atoms with Crippen molar-refractivity contribution in [3.8, 4) is 11.5 Å². The van der Waals surface area contributed by atoms with E-state index in [1.807, 2.05) is 44.2 Å². The van der Waals surface area contributed by atoms with Gasteiger partial charge in [0.15, 0.2) is 18.1 Å². The fourth-order valence-corrected chi connectivity index (χ4v) is 2.97. The third-order valence-corrected chi connectivity index (χ3v) is 4.32. The van der Waals surface area contributed by atoms with E-state index in [1.165, 1.54) is 11.3 Å². The normalized spacial score (nSPS) is 11.8.